The first-order valence-electron chi connectivity index (χ1n) is 6.91. The van der Waals surface area contributed by atoms with Crippen LogP contribution in [0.3, 0.4) is 0 Å². The third-order valence-electron chi connectivity index (χ3n) is 3.93. The third kappa shape index (κ3) is 2.48. The number of aryl methyl sites for hydroxylation is 1. The molecule has 2 unspecified atom stereocenters. The minimum atomic E-state index is -0.967. The van der Waals surface area contributed by atoms with Crippen molar-refractivity contribution >= 4 is 5.91 Å². The van der Waals surface area contributed by atoms with Crippen LogP contribution in [0.5, 0.6) is 0 Å². The lowest BCUT2D eigenvalue weighted by Gasteiger charge is -2.24. The first kappa shape index (κ1) is 14.6. The summed E-state index contributed by atoms with van der Waals surface area (Å²) in [6.07, 6.45) is 1.01. The second-order valence-electron chi connectivity index (χ2n) is 5.45. The van der Waals surface area contributed by atoms with E-state index in [0.29, 0.717) is 16.8 Å². The van der Waals surface area contributed by atoms with E-state index in [9.17, 15) is 18.7 Å². The highest BCUT2D eigenvalue weighted by Crippen LogP contribution is 2.34. The summed E-state index contributed by atoms with van der Waals surface area (Å²) in [5, 5.41) is 16.4. The Labute approximate surface area is 125 Å². The van der Waals surface area contributed by atoms with Gasteiger partial charge in [-0.15, -0.1) is 0 Å². The number of aromatic amines is 1. The highest BCUT2D eigenvalue weighted by Gasteiger charge is 2.36. The fourth-order valence-electron chi connectivity index (χ4n) is 2.79. The topological polar surface area (TPSA) is 69.2 Å². The van der Waals surface area contributed by atoms with Crippen LogP contribution in [0.15, 0.2) is 24.4 Å². The number of hydrogen-bond acceptors (Lipinski definition) is 3. The molecule has 2 atom stereocenters. The molecule has 7 heteroatoms. The minimum absolute atomic E-state index is 0.146. The SMILES string of the molecule is Cc1[nH]ncc1C(=O)N1CC(O)CC1c1ccc(F)c(F)c1. The summed E-state index contributed by atoms with van der Waals surface area (Å²) in [5.41, 5.74) is 1.49. The lowest BCUT2D eigenvalue weighted by molar-refractivity contribution is 0.0715. The number of H-pyrrole nitrogens is 1. The van der Waals surface area contributed by atoms with Gasteiger partial charge in [-0.3, -0.25) is 9.89 Å². The van der Waals surface area contributed by atoms with Crippen LogP contribution < -0.4 is 0 Å². The van der Waals surface area contributed by atoms with Crippen LogP contribution in [0.4, 0.5) is 8.78 Å². The molecular formula is C15H15F2N3O2. The van der Waals surface area contributed by atoms with E-state index >= 15 is 0 Å². The van der Waals surface area contributed by atoms with Gasteiger partial charge in [0.2, 0.25) is 0 Å². The van der Waals surface area contributed by atoms with Crippen LogP contribution in [-0.2, 0) is 0 Å². The summed E-state index contributed by atoms with van der Waals surface area (Å²) in [4.78, 5) is 14.1. The number of aliphatic hydroxyl groups excluding tert-OH is 1. The number of aliphatic hydroxyl groups is 1. The van der Waals surface area contributed by atoms with Crippen molar-refractivity contribution in [3.63, 3.8) is 0 Å². The van der Waals surface area contributed by atoms with Gasteiger partial charge in [-0.1, -0.05) is 6.07 Å². The lowest BCUT2D eigenvalue weighted by Crippen LogP contribution is -2.32. The normalized spacial score (nSPS) is 21.4. The molecule has 0 saturated carbocycles. The molecule has 2 heterocycles. The molecule has 1 amide bonds. The van der Waals surface area contributed by atoms with Gasteiger partial charge in [0.15, 0.2) is 11.6 Å². The number of likely N-dealkylation sites (tertiary alicyclic amines) is 1. The van der Waals surface area contributed by atoms with Gasteiger partial charge >= 0.3 is 0 Å². The van der Waals surface area contributed by atoms with Crippen LogP contribution in [0, 0.1) is 18.6 Å². The molecule has 1 aliphatic heterocycles. The molecule has 1 aromatic heterocycles. The van der Waals surface area contributed by atoms with Gasteiger partial charge in [-0.25, -0.2) is 8.78 Å². The van der Waals surface area contributed by atoms with Crippen molar-refractivity contribution in [3.05, 3.63) is 52.9 Å². The second-order valence-corrected chi connectivity index (χ2v) is 5.45. The standard InChI is InChI=1S/C15H15F2N3O2/c1-8-11(6-18-19-8)15(22)20-7-10(21)5-14(20)9-2-3-12(16)13(17)4-9/h2-4,6,10,14,21H,5,7H2,1H3,(H,18,19). The predicted molar refractivity (Wildman–Crippen MR) is 74.1 cm³/mol. The van der Waals surface area contributed by atoms with Crippen LogP contribution in [0.1, 0.15) is 34.1 Å². The predicted octanol–water partition coefficient (Wildman–Crippen LogP) is 1.94. The fraction of sp³-hybridized carbons (Fsp3) is 0.333. The number of amides is 1. The molecule has 2 aromatic rings. The molecular weight excluding hydrogens is 292 g/mol. The van der Waals surface area contributed by atoms with Gasteiger partial charge in [0.25, 0.3) is 5.91 Å². The van der Waals surface area contributed by atoms with E-state index in [2.05, 4.69) is 10.2 Å². The van der Waals surface area contributed by atoms with E-state index in [4.69, 9.17) is 0 Å². The van der Waals surface area contributed by atoms with Gasteiger partial charge in [0, 0.05) is 12.2 Å². The van der Waals surface area contributed by atoms with E-state index in [1.807, 2.05) is 0 Å². The fourth-order valence-corrected chi connectivity index (χ4v) is 2.79. The highest BCUT2D eigenvalue weighted by atomic mass is 19.2. The van der Waals surface area contributed by atoms with Gasteiger partial charge in [0.05, 0.1) is 23.9 Å². The Kier molecular flexibility index (Phi) is 3.66. The number of carbonyl (C=O) groups is 1. The molecule has 1 aromatic carbocycles. The Balaban J connectivity index is 1.94. The lowest BCUT2D eigenvalue weighted by atomic mass is 10.0. The summed E-state index contributed by atoms with van der Waals surface area (Å²) in [6.45, 7) is 1.87. The van der Waals surface area contributed by atoms with Gasteiger partial charge < -0.3 is 10.0 Å². The Morgan fingerprint density at radius 1 is 1.41 bits per heavy atom. The molecule has 1 aliphatic rings. The zero-order chi connectivity index (χ0) is 15.9. The first-order valence-corrected chi connectivity index (χ1v) is 6.91. The zero-order valence-corrected chi connectivity index (χ0v) is 11.9. The molecule has 116 valence electrons. The van der Waals surface area contributed by atoms with E-state index in [1.54, 1.807) is 6.92 Å². The van der Waals surface area contributed by atoms with Gasteiger partial charge in [0.1, 0.15) is 0 Å². The van der Waals surface area contributed by atoms with Crippen LogP contribution in [-0.4, -0.2) is 38.8 Å². The van der Waals surface area contributed by atoms with Crippen molar-refractivity contribution in [3.8, 4) is 0 Å². The smallest absolute Gasteiger partial charge is 0.257 e. The quantitative estimate of drug-likeness (QED) is 0.891. The minimum Gasteiger partial charge on any atom is -0.391 e. The number of benzene rings is 1. The molecule has 2 N–H and O–H groups in total. The Hall–Kier alpha value is -2.28. The maximum atomic E-state index is 13.4. The summed E-state index contributed by atoms with van der Waals surface area (Å²) >= 11 is 0. The van der Waals surface area contributed by atoms with E-state index in [-0.39, 0.29) is 18.9 Å². The zero-order valence-electron chi connectivity index (χ0n) is 11.9. The number of rotatable bonds is 2. The molecule has 1 fully saturated rings. The molecule has 1 saturated heterocycles. The maximum absolute atomic E-state index is 13.4. The molecule has 3 rings (SSSR count). The summed E-state index contributed by atoms with van der Waals surface area (Å²) in [5.74, 6) is -2.20. The average Bonchev–Trinajstić information content (AvgIpc) is 3.07. The van der Waals surface area contributed by atoms with Crippen LogP contribution >= 0.6 is 0 Å². The van der Waals surface area contributed by atoms with Gasteiger partial charge in [-0.2, -0.15) is 5.10 Å². The molecule has 0 radical (unpaired) electrons. The van der Waals surface area contributed by atoms with Crippen LogP contribution in [0.2, 0.25) is 0 Å². The van der Waals surface area contributed by atoms with E-state index < -0.39 is 23.8 Å². The number of nitrogens with one attached hydrogen (secondary N) is 1. The molecule has 0 bridgehead atoms. The number of halogens is 2. The number of aromatic nitrogens is 2. The van der Waals surface area contributed by atoms with Crippen LogP contribution in [0.25, 0.3) is 0 Å². The van der Waals surface area contributed by atoms with Crippen molar-refractivity contribution in [1.82, 2.24) is 15.1 Å². The summed E-state index contributed by atoms with van der Waals surface area (Å²) < 4.78 is 26.5. The first-order chi connectivity index (χ1) is 10.5. The Bertz CT molecular complexity index is 717. The number of β-amino-alcohol motifs (C(OH)–C–C–N with tert-alkyl or cyclic N) is 1. The monoisotopic (exact) mass is 307 g/mol. The number of hydrogen-bond donors (Lipinski definition) is 2. The maximum Gasteiger partial charge on any atom is 0.257 e. The summed E-state index contributed by atoms with van der Waals surface area (Å²) in [6, 6.07) is 3.04. The number of carbonyl (C=O) groups excluding carboxylic acids is 1. The molecule has 5 nitrogen and oxygen atoms in total. The number of nitrogens with zero attached hydrogens (tertiary/aromatic N) is 2. The van der Waals surface area contributed by atoms with Gasteiger partial charge in [-0.05, 0) is 31.0 Å². The molecule has 0 spiro atoms. The van der Waals surface area contributed by atoms with Crippen molar-refractivity contribution in [2.24, 2.45) is 0 Å². The van der Waals surface area contributed by atoms with Crippen molar-refractivity contribution in [2.75, 3.05) is 6.54 Å². The Morgan fingerprint density at radius 2 is 2.18 bits per heavy atom. The highest BCUT2D eigenvalue weighted by molar-refractivity contribution is 5.95. The average molecular weight is 307 g/mol. The largest absolute Gasteiger partial charge is 0.391 e. The van der Waals surface area contributed by atoms with Crippen molar-refractivity contribution in [2.45, 2.75) is 25.5 Å². The second kappa shape index (κ2) is 5.49. The van der Waals surface area contributed by atoms with E-state index in [0.717, 1.165) is 12.1 Å². The van der Waals surface area contributed by atoms with Crippen molar-refractivity contribution < 1.29 is 18.7 Å². The third-order valence-corrected chi connectivity index (χ3v) is 3.93. The molecule has 0 aliphatic carbocycles. The van der Waals surface area contributed by atoms with Crippen molar-refractivity contribution in [1.29, 1.82) is 0 Å². The Morgan fingerprint density at radius 3 is 2.82 bits per heavy atom. The summed E-state index contributed by atoms with van der Waals surface area (Å²) in [7, 11) is 0. The molecule has 22 heavy (non-hydrogen) atoms. The van der Waals surface area contributed by atoms with E-state index in [1.165, 1.54) is 17.2 Å².